The molecule has 0 bridgehead atoms. The van der Waals surface area contributed by atoms with Gasteiger partial charge in [-0.1, -0.05) is 25.6 Å². The molecule has 1 amide bonds. The Morgan fingerprint density at radius 2 is 1.93 bits per heavy atom. The summed E-state index contributed by atoms with van der Waals surface area (Å²) < 4.78 is 1.75. The van der Waals surface area contributed by atoms with Gasteiger partial charge in [-0.3, -0.25) is 14.2 Å². The zero-order valence-corrected chi connectivity index (χ0v) is 18.6. The molecule has 7 heteroatoms. The van der Waals surface area contributed by atoms with Gasteiger partial charge in [-0.15, -0.1) is 11.3 Å². The van der Waals surface area contributed by atoms with E-state index < -0.39 is 0 Å². The average Bonchev–Trinajstić information content (AvgIpc) is 3.04. The lowest BCUT2D eigenvalue weighted by molar-refractivity contribution is -0.130. The first-order chi connectivity index (χ1) is 13.5. The molecule has 5 nitrogen and oxygen atoms in total. The lowest BCUT2D eigenvalue weighted by atomic mass is 9.92. The Morgan fingerprint density at radius 1 is 1.21 bits per heavy atom. The van der Waals surface area contributed by atoms with E-state index >= 15 is 0 Å². The molecule has 152 valence electrons. The summed E-state index contributed by atoms with van der Waals surface area (Å²) in [6.07, 6.45) is 5.60. The number of nitrogens with zero attached hydrogens (tertiary/aromatic N) is 3. The summed E-state index contributed by atoms with van der Waals surface area (Å²) >= 11 is 3.10. The summed E-state index contributed by atoms with van der Waals surface area (Å²) in [6.45, 7) is 8.68. The first-order valence-corrected chi connectivity index (χ1v) is 12.2. The molecule has 2 atom stereocenters. The van der Waals surface area contributed by atoms with Crippen LogP contribution in [0.25, 0.3) is 10.2 Å². The number of likely N-dealkylation sites (tertiary alicyclic amines) is 1. The van der Waals surface area contributed by atoms with E-state index in [1.807, 2.05) is 11.8 Å². The molecule has 1 saturated heterocycles. The van der Waals surface area contributed by atoms with Crippen LogP contribution in [-0.2, 0) is 24.2 Å². The summed E-state index contributed by atoms with van der Waals surface area (Å²) in [4.78, 5) is 34.9. The standard InChI is InChI=1S/C21H29N3O2S2/c1-4-24-20(26)18-15-7-5-6-8-16(15)28-19(18)22-21(24)27-12-17(25)23-10-13(2)9-14(3)11-23/h13-14H,4-12H2,1-3H3/t13-,14-/m1/s1. The highest BCUT2D eigenvalue weighted by Gasteiger charge is 2.26. The molecule has 0 aromatic carbocycles. The first-order valence-electron chi connectivity index (χ1n) is 10.4. The molecule has 1 fully saturated rings. The second-order valence-corrected chi connectivity index (χ2v) is 10.4. The predicted octanol–water partition coefficient (Wildman–Crippen LogP) is 3.95. The van der Waals surface area contributed by atoms with E-state index in [9.17, 15) is 9.59 Å². The molecule has 0 saturated carbocycles. The monoisotopic (exact) mass is 419 g/mol. The Kier molecular flexibility index (Phi) is 5.83. The molecule has 1 aliphatic heterocycles. The second kappa shape index (κ2) is 8.19. The highest BCUT2D eigenvalue weighted by atomic mass is 32.2. The molecule has 4 rings (SSSR count). The van der Waals surface area contributed by atoms with Gasteiger partial charge >= 0.3 is 0 Å². The molecular weight excluding hydrogens is 390 g/mol. The molecule has 2 aromatic heterocycles. The number of thioether (sulfide) groups is 1. The smallest absolute Gasteiger partial charge is 0.263 e. The number of amides is 1. The Hall–Kier alpha value is -1.34. The minimum Gasteiger partial charge on any atom is -0.341 e. The van der Waals surface area contributed by atoms with Crippen LogP contribution in [0.3, 0.4) is 0 Å². The molecule has 2 aromatic rings. The van der Waals surface area contributed by atoms with Gasteiger partial charge in [0.2, 0.25) is 5.91 Å². The van der Waals surface area contributed by atoms with Crippen molar-refractivity contribution in [1.29, 1.82) is 0 Å². The summed E-state index contributed by atoms with van der Waals surface area (Å²) in [6, 6.07) is 0. The third kappa shape index (κ3) is 3.75. The van der Waals surface area contributed by atoms with E-state index in [4.69, 9.17) is 4.98 Å². The van der Waals surface area contributed by atoms with Gasteiger partial charge in [-0.05, 0) is 56.4 Å². The quantitative estimate of drug-likeness (QED) is 0.556. The zero-order chi connectivity index (χ0) is 19.8. The van der Waals surface area contributed by atoms with Crippen LogP contribution in [0.2, 0.25) is 0 Å². The lowest BCUT2D eigenvalue weighted by Gasteiger charge is -2.35. The number of carbonyl (C=O) groups excluding carboxylic acids is 1. The molecule has 0 radical (unpaired) electrons. The van der Waals surface area contributed by atoms with Crippen molar-refractivity contribution < 1.29 is 4.79 Å². The minimum atomic E-state index is 0.0714. The van der Waals surface area contributed by atoms with E-state index in [1.165, 1.54) is 35.0 Å². The SMILES string of the molecule is CCn1c(SCC(=O)N2C[C@H](C)C[C@@H](C)C2)nc2sc3c(c2c1=O)CCCC3. The van der Waals surface area contributed by atoms with Gasteiger partial charge in [0.05, 0.1) is 11.1 Å². The molecule has 1 aliphatic carbocycles. The average molecular weight is 420 g/mol. The van der Waals surface area contributed by atoms with Gasteiger partial charge in [0.15, 0.2) is 5.16 Å². The van der Waals surface area contributed by atoms with Crippen LogP contribution in [0.1, 0.15) is 50.5 Å². The molecular formula is C21H29N3O2S2. The highest BCUT2D eigenvalue weighted by molar-refractivity contribution is 7.99. The van der Waals surface area contributed by atoms with Crippen LogP contribution in [0.15, 0.2) is 9.95 Å². The fourth-order valence-corrected chi connectivity index (χ4v) is 6.96. The third-order valence-electron chi connectivity index (χ3n) is 5.90. The number of rotatable bonds is 4. The maximum Gasteiger partial charge on any atom is 0.263 e. The number of hydrogen-bond acceptors (Lipinski definition) is 5. The van der Waals surface area contributed by atoms with Crippen molar-refractivity contribution in [2.24, 2.45) is 11.8 Å². The summed E-state index contributed by atoms with van der Waals surface area (Å²) in [7, 11) is 0. The van der Waals surface area contributed by atoms with Crippen molar-refractivity contribution in [2.45, 2.75) is 64.6 Å². The van der Waals surface area contributed by atoms with Crippen LogP contribution in [0.4, 0.5) is 0 Å². The Labute approximate surface area is 174 Å². The third-order valence-corrected chi connectivity index (χ3v) is 8.05. The van der Waals surface area contributed by atoms with Crippen molar-refractivity contribution in [3.05, 3.63) is 20.8 Å². The van der Waals surface area contributed by atoms with Crippen LogP contribution in [-0.4, -0.2) is 39.2 Å². The number of thiophene rings is 1. The van der Waals surface area contributed by atoms with E-state index in [1.54, 1.807) is 15.9 Å². The molecule has 0 N–H and O–H groups in total. The fourth-order valence-electron chi connectivity index (χ4n) is 4.69. The van der Waals surface area contributed by atoms with Crippen LogP contribution < -0.4 is 5.56 Å². The number of aryl methyl sites for hydroxylation is 2. The van der Waals surface area contributed by atoms with Gasteiger partial charge in [-0.25, -0.2) is 4.98 Å². The molecule has 3 heterocycles. The number of aromatic nitrogens is 2. The number of hydrogen-bond donors (Lipinski definition) is 0. The van der Waals surface area contributed by atoms with Crippen LogP contribution in [0, 0.1) is 11.8 Å². The van der Waals surface area contributed by atoms with Crippen molar-refractivity contribution >= 4 is 39.2 Å². The Balaban J connectivity index is 1.58. The summed E-state index contributed by atoms with van der Waals surface area (Å²) in [5, 5.41) is 1.51. The van der Waals surface area contributed by atoms with Crippen molar-refractivity contribution in [3.8, 4) is 0 Å². The van der Waals surface area contributed by atoms with E-state index in [-0.39, 0.29) is 11.5 Å². The van der Waals surface area contributed by atoms with Gasteiger partial charge in [0.25, 0.3) is 5.56 Å². The highest BCUT2D eigenvalue weighted by Crippen LogP contribution is 2.34. The van der Waals surface area contributed by atoms with E-state index in [0.29, 0.717) is 29.3 Å². The number of fused-ring (bicyclic) bond motifs is 3. The van der Waals surface area contributed by atoms with Gasteiger partial charge in [-0.2, -0.15) is 0 Å². The Morgan fingerprint density at radius 3 is 2.64 bits per heavy atom. The Bertz CT molecular complexity index is 939. The normalized spacial score (nSPS) is 22.5. The minimum absolute atomic E-state index is 0.0714. The van der Waals surface area contributed by atoms with Crippen LogP contribution >= 0.6 is 23.1 Å². The summed E-state index contributed by atoms with van der Waals surface area (Å²) in [5.41, 5.74) is 1.30. The molecule has 28 heavy (non-hydrogen) atoms. The van der Waals surface area contributed by atoms with Crippen LogP contribution in [0.5, 0.6) is 0 Å². The largest absolute Gasteiger partial charge is 0.341 e. The van der Waals surface area contributed by atoms with Gasteiger partial charge in [0.1, 0.15) is 4.83 Å². The van der Waals surface area contributed by atoms with E-state index in [2.05, 4.69) is 13.8 Å². The zero-order valence-electron chi connectivity index (χ0n) is 17.0. The number of carbonyl (C=O) groups is 1. The van der Waals surface area contributed by atoms with Gasteiger partial charge in [0, 0.05) is 24.5 Å². The number of piperidine rings is 1. The maximum atomic E-state index is 13.2. The lowest BCUT2D eigenvalue weighted by Crippen LogP contribution is -2.43. The fraction of sp³-hybridized carbons (Fsp3) is 0.667. The maximum absolute atomic E-state index is 13.2. The second-order valence-electron chi connectivity index (χ2n) is 8.37. The molecule has 0 unspecified atom stereocenters. The van der Waals surface area contributed by atoms with Crippen molar-refractivity contribution in [2.75, 3.05) is 18.8 Å². The topological polar surface area (TPSA) is 55.2 Å². The molecule has 0 spiro atoms. The predicted molar refractivity (Wildman–Crippen MR) is 116 cm³/mol. The van der Waals surface area contributed by atoms with Gasteiger partial charge < -0.3 is 4.90 Å². The van der Waals surface area contributed by atoms with E-state index in [0.717, 1.165) is 42.6 Å². The summed E-state index contributed by atoms with van der Waals surface area (Å²) in [5.74, 6) is 1.62. The molecule has 2 aliphatic rings. The van der Waals surface area contributed by atoms with Crippen molar-refractivity contribution in [3.63, 3.8) is 0 Å². The first kappa shape index (κ1) is 20.0. The van der Waals surface area contributed by atoms with Crippen molar-refractivity contribution in [1.82, 2.24) is 14.5 Å².